The Hall–Kier alpha value is -2.71. The number of hydrogen-bond donors (Lipinski definition) is 2. The number of aromatic nitrogens is 4. The van der Waals surface area contributed by atoms with E-state index in [1.54, 1.807) is 11.8 Å². The predicted octanol–water partition coefficient (Wildman–Crippen LogP) is 1.09. The van der Waals surface area contributed by atoms with Crippen molar-refractivity contribution in [1.29, 1.82) is 0 Å². The number of aromatic amines is 1. The number of nitrogens with one attached hydrogen (secondary N) is 2. The van der Waals surface area contributed by atoms with E-state index >= 15 is 0 Å². The summed E-state index contributed by atoms with van der Waals surface area (Å²) in [5, 5.41) is 20.5. The van der Waals surface area contributed by atoms with Gasteiger partial charge in [-0.2, -0.15) is 4.98 Å². The summed E-state index contributed by atoms with van der Waals surface area (Å²) in [5.74, 6) is 1.84. The molecule has 2 aromatic heterocycles. The van der Waals surface area contributed by atoms with Crippen LogP contribution in [0, 0.1) is 17.0 Å². The van der Waals surface area contributed by atoms with Crippen molar-refractivity contribution in [2.24, 2.45) is 0 Å². The van der Waals surface area contributed by atoms with Crippen molar-refractivity contribution in [1.82, 2.24) is 20.2 Å². The molecule has 2 N–H and O–H groups in total. The average molecular weight is 277 g/mol. The first-order valence-electron chi connectivity index (χ1n) is 5.91. The fourth-order valence-corrected chi connectivity index (χ4v) is 1.58. The number of rotatable bonds is 5. The highest BCUT2D eigenvalue weighted by molar-refractivity contribution is 5.48. The molecule has 0 aliphatic rings. The SMILES string of the molecule is Cc1cc([N+](=O)[O-])cnc1NCc1nc(N(C)C)n[nH]1. The average Bonchev–Trinajstić information content (AvgIpc) is 2.86. The molecule has 0 atom stereocenters. The minimum absolute atomic E-state index is 0.0254. The molecule has 0 spiro atoms. The Morgan fingerprint density at radius 1 is 1.50 bits per heavy atom. The van der Waals surface area contributed by atoms with Crippen molar-refractivity contribution in [2.75, 3.05) is 24.3 Å². The van der Waals surface area contributed by atoms with Gasteiger partial charge in [0.05, 0.1) is 11.5 Å². The van der Waals surface area contributed by atoms with Gasteiger partial charge in [0.1, 0.15) is 17.8 Å². The first-order valence-corrected chi connectivity index (χ1v) is 5.91. The van der Waals surface area contributed by atoms with Crippen molar-refractivity contribution in [3.63, 3.8) is 0 Å². The lowest BCUT2D eigenvalue weighted by atomic mass is 10.2. The van der Waals surface area contributed by atoms with Gasteiger partial charge in [0, 0.05) is 20.2 Å². The van der Waals surface area contributed by atoms with Crippen LogP contribution < -0.4 is 10.2 Å². The number of aryl methyl sites for hydroxylation is 1. The van der Waals surface area contributed by atoms with Crippen LogP contribution in [0.3, 0.4) is 0 Å². The van der Waals surface area contributed by atoms with Crippen LogP contribution in [0.2, 0.25) is 0 Å². The summed E-state index contributed by atoms with van der Waals surface area (Å²) in [6, 6.07) is 1.47. The number of nitro groups is 1. The number of pyridine rings is 1. The summed E-state index contributed by atoms with van der Waals surface area (Å²) >= 11 is 0. The van der Waals surface area contributed by atoms with Gasteiger partial charge in [-0.25, -0.2) is 4.98 Å². The first-order chi connectivity index (χ1) is 9.47. The molecule has 0 aliphatic heterocycles. The van der Waals surface area contributed by atoms with Crippen LogP contribution in [0.15, 0.2) is 12.3 Å². The second-order valence-corrected chi connectivity index (χ2v) is 4.45. The highest BCUT2D eigenvalue weighted by Gasteiger charge is 2.10. The molecule has 0 amide bonds. The highest BCUT2D eigenvalue weighted by Crippen LogP contribution is 2.18. The van der Waals surface area contributed by atoms with Gasteiger partial charge in [-0.3, -0.25) is 15.2 Å². The van der Waals surface area contributed by atoms with Gasteiger partial charge >= 0.3 is 0 Å². The van der Waals surface area contributed by atoms with Crippen LogP contribution in [0.5, 0.6) is 0 Å². The maximum atomic E-state index is 10.6. The maximum Gasteiger partial charge on any atom is 0.287 e. The lowest BCUT2D eigenvalue weighted by molar-refractivity contribution is -0.385. The Kier molecular flexibility index (Phi) is 3.78. The standard InChI is InChI=1S/C11H15N7O2/c1-7-4-8(18(19)20)5-12-10(7)13-6-9-14-11(16-15-9)17(2)3/h4-5H,6H2,1-3H3,(H,12,13)(H,14,15,16). The van der Waals surface area contributed by atoms with E-state index in [2.05, 4.69) is 25.5 Å². The monoisotopic (exact) mass is 277 g/mol. The summed E-state index contributed by atoms with van der Waals surface area (Å²) in [6.45, 7) is 2.17. The molecule has 0 saturated carbocycles. The molecule has 9 nitrogen and oxygen atoms in total. The minimum atomic E-state index is -0.469. The van der Waals surface area contributed by atoms with E-state index < -0.39 is 4.92 Å². The zero-order valence-electron chi connectivity index (χ0n) is 11.4. The van der Waals surface area contributed by atoms with Crippen LogP contribution >= 0.6 is 0 Å². The van der Waals surface area contributed by atoms with E-state index in [-0.39, 0.29) is 5.69 Å². The van der Waals surface area contributed by atoms with Crippen molar-refractivity contribution >= 4 is 17.5 Å². The van der Waals surface area contributed by atoms with Gasteiger partial charge in [0.15, 0.2) is 0 Å². The normalized spacial score (nSPS) is 10.3. The van der Waals surface area contributed by atoms with Crippen LogP contribution in [0.25, 0.3) is 0 Å². The lowest BCUT2D eigenvalue weighted by Gasteiger charge is -2.06. The molecule has 0 unspecified atom stereocenters. The zero-order valence-corrected chi connectivity index (χ0v) is 11.4. The number of nitrogens with zero attached hydrogens (tertiary/aromatic N) is 5. The number of H-pyrrole nitrogens is 1. The molecule has 106 valence electrons. The summed E-state index contributed by atoms with van der Waals surface area (Å²) in [4.78, 5) is 20.2. The van der Waals surface area contributed by atoms with E-state index in [1.165, 1.54) is 12.3 Å². The third kappa shape index (κ3) is 2.99. The molecule has 0 fully saturated rings. The van der Waals surface area contributed by atoms with Gasteiger partial charge in [0.2, 0.25) is 5.95 Å². The van der Waals surface area contributed by atoms with Crippen molar-refractivity contribution < 1.29 is 4.92 Å². The summed E-state index contributed by atoms with van der Waals surface area (Å²) in [5.41, 5.74) is 0.675. The third-order valence-corrected chi connectivity index (χ3v) is 2.62. The molecule has 2 aromatic rings. The highest BCUT2D eigenvalue weighted by atomic mass is 16.6. The topological polar surface area (TPSA) is 113 Å². The second kappa shape index (κ2) is 5.51. The smallest absolute Gasteiger partial charge is 0.287 e. The maximum absolute atomic E-state index is 10.6. The first kappa shape index (κ1) is 13.7. The second-order valence-electron chi connectivity index (χ2n) is 4.45. The van der Waals surface area contributed by atoms with Crippen molar-refractivity contribution in [3.05, 3.63) is 33.8 Å². The molecule has 0 saturated heterocycles. The van der Waals surface area contributed by atoms with E-state index in [9.17, 15) is 10.1 Å². The molecule has 9 heteroatoms. The van der Waals surface area contributed by atoms with Gasteiger partial charge in [-0.15, -0.1) is 5.10 Å². The quantitative estimate of drug-likeness (QED) is 0.621. The summed E-state index contributed by atoms with van der Waals surface area (Å²) in [6.07, 6.45) is 1.22. The van der Waals surface area contributed by atoms with Crippen molar-refractivity contribution in [3.8, 4) is 0 Å². The van der Waals surface area contributed by atoms with Gasteiger partial charge in [0.25, 0.3) is 5.69 Å². The van der Waals surface area contributed by atoms with E-state index in [4.69, 9.17) is 0 Å². The van der Waals surface area contributed by atoms with Crippen molar-refractivity contribution in [2.45, 2.75) is 13.5 Å². The van der Waals surface area contributed by atoms with Gasteiger partial charge in [-0.1, -0.05) is 0 Å². The molecular formula is C11H15N7O2. The molecule has 2 heterocycles. The molecule has 0 aromatic carbocycles. The van der Waals surface area contributed by atoms with Crippen LogP contribution in [0.1, 0.15) is 11.4 Å². The van der Waals surface area contributed by atoms with E-state index in [0.717, 1.165) is 0 Å². The van der Waals surface area contributed by atoms with E-state index in [0.29, 0.717) is 29.7 Å². The number of anilines is 2. The lowest BCUT2D eigenvalue weighted by Crippen LogP contribution is -2.10. The molecule has 20 heavy (non-hydrogen) atoms. The van der Waals surface area contributed by atoms with Crippen LogP contribution in [-0.2, 0) is 6.54 Å². The van der Waals surface area contributed by atoms with Gasteiger partial charge < -0.3 is 10.2 Å². The fraction of sp³-hybridized carbons (Fsp3) is 0.364. The Bertz CT molecular complexity index is 623. The number of hydrogen-bond acceptors (Lipinski definition) is 7. The molecule has 0 radical (unpaired) electrons. The molecule has 0 aliphatic carbocycles. The van der Waals surface area contributed by atoms with Gasteiger partial charge in [-0.05, 0) is 12.5 Å². The molecular weight excluding hydrogens is 262 g/mol. The molecule has 2 rings (SSSR count). The molecule has 0 bridgehead atoms. The Balaban J connectivity index is 2.05. The minimum Gasteiger partial charge on any atom is -0.363 e. The summed E-state index contributed by atoms with van der Waals surface area (Å²) < 4.78 is 0. The van der Waals surface area contributed by atoms with Crippen LogP contribution in [-0.4, -0.2) is 39.2 Å². The van der Waals surface area contributed by atoms with Crippen LogP contribution in [0.4, 0.5) is 17.5 Å². The summed E-state index contributed by atoms with van der Waals surface area (Å²) in [7, 11) is 3.70. The third-order valence-electron chi connectivity index (χ3n) is 2.62. The van der Waals surface area contributed by atoms with E-state index in [1.807, 2.05) is 14.1 Å². The zero-order chi connectivity index (χ0) is 14.7. The Morgan fingerprint density at radius 3 is 2.80 bits per heavy atom. The largest absolute Gasteiger partial charge is 0.363 e. The predicted molar refractivity (Wildman–Crippen MR) is 73.7 cm³/mol. The Morgan fingerprint density at radius 2 is 2.25 bits per heavy atom. The fourth-order valence-electron chi connectivity index (χ4n) is 1.58. The Labute approximate surface area is 115 Å².